The van der Waals surface area contributed by atoms with Gasteiger partial charge in [0.1, 0.15) is 23.0 Å². The first-order valence-corrected chi connectivity index (χ1v) is 10.3. The maximum absolute atomic E-state index is 13.1. The van der Waals surface area contributed by atoms with Crippen LogP contribution in [-0.4, -0.2) is 38.8 Å². The SMILES string of the molecule is COc1cc(OC)cc(-c2cnc3nc(Nc4ccc(Oc5ccncc5)cc4)[nH]n3c2=O)c1.Cl. The Balaban J connectivity index is 0.00000289. The smallest absolute Gasteiger partial charge is 0.281 e. The van der Waals surface area contributed by atoms with Crippen LogP contribution in [0, 0.1) is 0 Å². The summed E-state index contributed by atoms with van der Waals surface area (Å²) in [6, 6.07) is 16.1. The molecule has 3 heterocycles. The average Bonchev–Trinajstić information content (AvgIpc) is 3.29. The number of H-pyrrole nitrogens is 1. The first-order valence-electron chi connectivity index (χ1n) is 10.3. The number of fused-ring (bicyclic) bond motifs is 1. The Bertz CT molecular complexity index is 1480. The number of methoxy groups -OCH3 is 2. The number of anilines is 2. The van der Waals surface area contributed by atoms with Gasteiger partial charge >= 0.3 is 0 Å². The number of hydrogen-bond donors (Lipinski definition) is 2. The topological polar surface area (TPSA) is 116 Å². The van der Waals surface area contributed by atoms with Gasteiger partial charge in [-0.05, 0) is 54.1 Å². The molecule has 0 spiro atoms. The van der Waals surface area contributed by atoms with E-state index in [1.54, 1.807) is 56.9 Å². The molecule has 0 saturated carbocycles. The number of aromatic nitrogens is 5. The van der Waals surface area contributed by atoms with Crippen LogP contribution in [0.15, 0.2) is 78.0 Å². The van der Waals surface area contributed by atoms with Gasteiger partial charge in [0, 0.05) is 30.3 Å². The zero-order chi connectivity index (χ0) is 23.5. The van der Waals surface area contributed by atoms with E-state index in [9.17, 15) is 4.79 Å². The monoisotopic (exact) mass is 492 g/mol. The van der Waals surface area contributed by atoms with Gasteiger partial charge in [-0.2, -0.15) is 9.50 Å². The van der Waals surface area contributed by atoms with E-state index < -0.39 is 0 Å². The molecule has 0 bridgehead atoms. The van der Waals surface area contributed by atoms with Crippen LogP contribution in [0.4, 0.5) is 11.6 Å². The van der Waals surface area contributed by atoms with E-state index >= 15 is 0 Å². The van der Waals surface area contributed by atoms with E-state index in [1.807, 2.05) is 24.3 Å². The minimum Gasteiger partial charge on any atom is -0.497 e. The van der Waals surface area contributed by atoms with Gasteiger partial charge in [0.2, 0.25) is 5.95 Å². The molecule has 2 aromatic carbocycles. The molecule has 5 rings (SSSR count). The molecule has 0 aliphatic carbocycles. The highest BCUT2D eigenvalue weighted by molar-refractivity contribution is 5.85. The molecule has 0 amide bonds. The second kappa shape index (κ2) is 10.1. The number of aromatic amines is 1. The lowest BCUT2D eigenvalue weighted by Crippen LogP contribution is -2.17. The molecule has 35 heavy (non-hydrogen) atoms. The summed E-state index contributed by atoms with van der Waals surface area (Å²) < 4.78 is 17.7. The molecule has 10 nitrogen and oxygen atoms in total. The predicted octanol–water partition coefficient (Wildman–Crippen LogP) is 4.45. The van der Waals surface area contributed by atoms with Gasteiger partial charge in [-0.25, -0.2) is 4.98 Å². The van der Waals surface area contributed by atoms with Gasteiger partial charge in [-0.3, -0.25) is 14.9 Å². The Morgan fingerprint density at radius 3 is 2.20 bits per heavy atom. The highest BCUT2D eigenvalue weighted by Gasteiger charge is 2.13. The van der Waals surface area contributed by atoms with Crippen LogP contribution in [0.3, 0.4) is 0 Å². The standard InChI is InChI=1S/C24H20N6O4.ClH/c1-32-19-11-15(12-20(13-19)33-2)21-14-26-24-28-23(29-30(24)22(21)31)27-16-3-5-17(6-4-16)34-18-7-9-25-10-8-18;/h3-14H,1-2H3,(H2,26,27,28,29);1H. The van der Waals surface area contributed by atoms with Gasteiger partial charge in [0.15, 0.2) is 0 Å². The lowest BCUT2D eigenvalue weighted by molar-refractivity contribution is 0.394. The second-order valence-corrected chi connectivity index (χ2v) is 7.22. The predicted molar refractivity (Wildman–Crippen MR) is 133 cm³/mol. The Morgan fingerprint density at radius 2 is 1.54 bits per heavy atom. The maximum atomic E-state index is 13.1. The Kier molecular flexibility index (Phi) is 6.83. The van der Waals surface area contributed by atoms with Gasteiger partial charge in [0.05, 0.1) is 19.8 Å². The largest absolute Gasteiger partial charge is 0.497 e. The first kappa shape index (κ1) is 23.6. The summed E-state index contributed by atoms with van der Waals surface area (Å²) in [7, 11) is 3.11. The van der Waals surface area contributed by atoms with Crippen LogP contribution in [0.2, 0.25) is 0 Å². The van der Waals surface area contributed by atoms with Crippen molar-refractivity contribution in [2.75, 3.05) is 19.5 Å². The third-order valence-electron chi connectivity index (χ3n) is 5.04. The lowest BCUT2D eigenvalue weighted by Gasteiger charge is -2.08. The molecule has 0 atom stereocenters. The molecule has 0 aliphatic rings. The van der Waals surface area contributed by atoms with Crippen molar-refractivity contribution in [3.8, 4) is 34.1 Å². The van der Waals surface area contributed by atoms with Gasteiger partial charge in [0.25, 0.3) is 11.3 Å². The molecule has 0 saturated heterocycles. The van der Waals surface area contributed by atoms with Gasteiger partial charge in [-0.1, -0.05) is 0 Å². The van der Waals surface area contributed by atoms with Gasteiger partial charge < -0.3 is 19.5 Å². The van der Waals surface area contributed by atoms with Crippen molar-refractivity contribution >= 4 is 29.8 Å². The zero-order valence-corrected chi connectivity index (χ0v) is 19.6. The van der Waals surface area contributed by atoms with E-state index in [2.05, 4.69) is 25.4 Å². The average molecular weight is 493 g/mol. The normalized spacial score (nSPS) is 10.5. The highest BCUT2D eigenvalue weighted by atomic mass is 35.5. The molecule has 11 heteroatoms. The minimum atomic E-state index is -0.304. The van der Waals surface area contributed by atoms with Crippen molar-refractivity contribution < 1.29 is 14.2 Å². The summed E-state index contributed by atoms with van der Waals surface area (Å²) in [4.78, 5) is 25.8. The molecular formula is C24H21ClN6O4. The fourth-order valence-corrected chi connectivity index (χ4v) is 3.36. The van der Waals surface area contributed by atoms with Crippen molar-refractivity contribution in [3.05, 3.63) is 83.5 Å². The van der Waals surface area contributed by atoms with Crippen LogP contribution < -0.4 is 25.1 Å². The molecule has 3 aromatic heterocycles. The number of nitrogens with one attached hydrogen (secondary N) is 2. The van der Waals surface area contributed by atoms with E-state index in [0.29, 0.717) is 40.1 Å². The van der Waals surface area contributed by atoms with Crippen molar-refractivity contribution in [1.29, 1.82) is 0 Å². The molecular weight excluding hydrogens is 472 g/mol. The molecule has 2 N–H and O–H groups in total. The van der Waals surface area contributed by atoms with Gasteiger partial charge in [-0.15, -0.1) is 12.4 Å². The molecule has 0 aliphatic heterocycles. The molecule has 0 unspecified atom stereocenters. The highest BCUT2D eigenvalue weighted by Crippen LogP contribution is 2.28. The van der Waals surface area contributed by atoms with Crippen molar-refractivity contribution in [3.63, 3.8) is 0 Å². The lowest BCUT2D eigenvalue weighted by atomic mass is 10.1. The fraction of sp³-hybridized carbons (Fsp3) is 0.0833. The van der Waals surface area contributed by atoms with E-state index in [1.165, 1.54) is 10.7 Å². The van der Waals surface area contributed by atoms with Crippen LogP contribution in [-0.2, 0) is 0 Å². The maximum Gasteiger partial charge on any atom is 0.281 e. The number of benzene rings is 2. The van der Waals surface area contributed by atoms with Crippen LogP contribution >= 0.6 is 12.4 Å². The Morgan fingerprint density at radius 1 is 0.886 bits per heavy atom. The Hall–Kier alpha value is -4.57. The quantitative estimate of drug-likeness (QED) is 0.342. The second-order valence-electron chi connectivity index (χ2n) is 7.22. The fourth-order valence-electron chi connectivity index (χ4n) is 3.36. The molecule has 178 valence electrons. The number of pyridine rings is 1. The number of nitrogens with zero attached hydrogens (tertiary/aromatic N) is 4. The molecule has 0 radical (unpaired) electrons. The summed E-state index contributed by atoms with van der Waals surface area (Å²) in [6.07, 6.45) is 4.82. The van der Waals surface area contributed by atoms with Crippen LogP contribution in [0.5, 0.6) is 23.0 Å². The third-order valence-corrected chi connectivity index (χ3v) is 5.04. The van der Waals surface area contributed by atoms with Crippen molar-refractivity contribution in [2.24, 2.45) is 0 Å². The summed E-state index contributed by atoms with van der Waals surface area (Å²) in [5, 5.41) is 6.09. The summed E-state index contributed by atoms with van der Waals surface area (Å²) in [5.74, 6) is 3.13. The van der Waals surface area contributed by atoms with Crippen molar-refractivity contribution in [1.82, 2.24) is 24.6 Å². The number of hydrogen-bond acceptors (Lipinski definition) is 8. The number of ether oxygens (including phenoxy) is 3. The Labute approximate surface area is 206 Å². The zero-order valence-electron chi connectivity index (χ0n) is 18.8. The van der Waals surface area contributed by atoms with Crippen LogP contribution in [0.1, 0.15) is 0 Å². The summed E-state index contributed by atoms with van der Waals surface area (Å²) in [6.45, 7) is 0. The number of rotatable bonds is 7. The van der Waals surface area contributed by atoms with Crippen molar-refractivity contribution in [2.45, 2.75) is 0 Å². The minimum absolute atomic E-state index is 0. The first-order chi connectivity index (χ1) is 16.6. The summed E-state index contributed by atoms with van der Waals surface area (Å²) in [5.41, 5.74) is 1.45. The van der Waals surface area contributed by atoms with Crippen LogP contribution in [0.25, 0.3) is 16.9 Å². The molecule has 0 fully saturated rings. The molecule has 5 aromatic rings. The van der Waals surface area contributed by atoms with E-state index in [4.69, 9.17) is 14.2 Å². The third kappa shape index (κ3) is 5.02. The van der Waals surface area contributed by atoms with E-state index in [0.717, 1.165) is 5.69 Å². The van der Waals surface area contributed by atoms with E-state index in [-0.39, 0.29) is 23.7 Å². The summed E-state index contributed by atoms with van der Waals surface area (Å²) >= 11 is 0. The number of halogens is 1.